The first kappa shape index (κ1) is 46.9. The Morgan fingerprint density at radius 2 is 1.04 bits per heavy atom. The predicted molar refractivity (Wildman–Crippen MR) is 207 cm³/mol. The van der Waals surface area contributed by atoms with Crippen molar-refractivity contribution in [3.05, 3.63) is 70.3 Å². The topological polar surface area (TPSA) is 447 Å². The fourth-order valence-electron chi connectivity index (χ4n) is 7.37. The lowest BCUT2D eigenvalue weighted by Crippen LogP contribution is -2.63. The number of carboxylic acid groups (broad SMARTS) is 1. The molecule has 27 heteroatoms. The molecule has 68 heavy (non-hydrogen) atoms. The lowest BCUT2D eigenvalue weighted by Gasteiger charge is -2.44. The summed E-state index contributed by atoms with van der Waals surface area (Å²) < 4.78 is 38.6. The molecule has 7 rings (SSSR count). The molecule has 3 heterocycles. The molecule has 4 aromatic rings. The standard InChI is InChI=1S/C41H32O27/c42-15-1-10(2-16(43)26(15)51)35(56)62-9-22-31-33(66-36(57)11-3-17(44)27(52)18(45)4-11)34(41(63-22)68-37(58)12-5-19(46)28(53)20(47)6-12)67-38(59)13-7-21(48)29(54)32-25(13)24(30(55)40(61)65-32)14(8-23(49)50)39(60)64-31/h1-7,14,22,24,30-31,33-34,41-48,51-55H,8-9H2,(H,49,50)/t14-,22+,24-,30-,31+,33+,34-,41-/m0/s1. The van der Waals surface area contributed by atoms with Gasteiger partial charge in [-0.2, -0.15) is 0 Å². The molecule has 8 atom stereocenters. The summed E-state index contributed by atoms with van der Waals surface area (Å²) in [7, 11) is 0. The van der Waals surface area contributed by atoms with E-state index in [0.717, 1.165) is 0 Å². The number of carboxylic acids is 1. The summed E-state index contributed by atoms with van der Waals surface area (Å²) in [5, 5.41) is 133. The molecule has 4 aromatic carbocycles. The van der Waals surface area contributed by atoms with Crippen LogP contribution >= 0.6 is 0 Å². The monoisotopic (exact) mass is 956 g/mol. The van der Waals surface area contributed by atoms with E-state index < -0.39 is 200 Å². The van der Waals surface area contributed by atoms with E-state index in [2.05, 4.69) is 0 Å². The number of aliphatic hydroxyl groups is 1. The second-order valence-electron chi connectivity index (χ2n) is 14.9. The second kappa shape index (κ2) is 17.7. The van der Waals surface area contributed by atoms with Crippen LogP contribution < -0.4 is 4.74 Å². The molecule has 0 aliphatic carbocycles. The highest BCUT2D eigenvalue weighted by molar-refractivity contribution is 5.98. The van der Waals surface area contributed by atoms with Gasteiger partial charge < -0.3 is 99.5 Å². The molecule has 1 fully saturated rings. The molecule has 3 aliphatic heterocycles. The van der Waals surface area contributed by atoms with Crippen LogP contribution in [0.15, 0.2) is 42.5 Å². The Labute approximate surface area is 375 Å². The van der Waals surface area contributed by atoms with Gasteiger partial charge in [-0.25, -0.2) is 24.0 Å². The number of hydrogen-bond acceptors (Lipinski definition) is 26. The van der Waals surface area contributed by atoms with Gasteiger partial charge in [-0.3, -0.25) is 9.59 Å². The van der Waals surface area contributed by atoms with Gasteiger partial charge in [0.15, 0.2) is 81.6 Å². The number of hydrogen-bond donors (Lipinski definition) is 13. The Hall–Kier alpha value is -9.11. The van der Waals surface area contributed by atoms with Gasteiger partial charge in [-0.05, 0) is 42.5 Å². The number of ether oxygens (including phenoxy) is 7. The van der Waals surface area contributed by atoms with Crippen molar-refractivity contribution < 1.29 is 133 Å². The third-order valence-corrected chi connectivity index (χ3v) is 10.6. The summed E-state index contributed by atoms with van der Waals surface area (Å²) in [5.74, 6) is -29.8. The quantitative estimate of drug-likeness (QED) is 0.0455. The van der Waals surface area contributed by atoms with Gasteiger partial charge in [0, 0.05) is 11.5 Å². The molecule has 0 saturated carbocycles. The third kappa shape index (κ3) is 8.58. The number of phenols is 11. The molecule has 0 unspecified atom stereocenters. The summed E-state index contributed by atoms with van der Waals surface area (Å²) in [6.45, 7) is -1.28. The molecule has 1 saturated heterocycles. The van der Waals surface area contributed by atoms with Crippen molar-refractivity contribution in [3.63, 3.8) is 0 Å². The normalized spacial score (nSPS) is 23.0. The number of benzene rings is 4. The highest BCUT2D eigenvalue weighted by atomic mass is 16.7. The largest absolute Gasteiger partial charge is 0.504 e. The van der Waals surface area contributed by atoms with Crippen molar-refractivity contribution in [2.24, 2.45) is 5.92 Å². The Bertz CT molecular complexity index is 2750. The molecule has 358 valence electrons. The van der Waals surface area contributed by atoms with Crippen LogP contribution in [0.5, 0.6) is 69.0 Å². The molecule has 27 nitrogen and oxygen atoms in total. The van der Waals surface area contributed by atoms with E-state index in [1.807, 2.05) is 0 Å². The first-order valence-corrected chi connectivity index (χ1v) is 19.1. The number of carbonyl (C=O) groups is 7. The first-order valence-electron chi connectivity index (χ1n) is 19.1. The maximum absolute atomic E-state index is 14.5. The summed E-state index contributed by atoms with van der Waals surface area (Å²) >= 11 is 0. The maximum atomic E-state index is 14.5. The molecular formula is C41H32O27. The summed E-state index contributed by atoms with van der Waals surface area (Å²) in [6, 6.07) is 3.84. The molecule has 0 amide bonds. The van der Waals surface area contributed by atoms with E-state index in [1.54, 1.807) is 0 Å². The number of rotatable bonds is 9. The SMILES string of the molecule is O=C(O)C[C@@H]1C(=O)O[C@H]2[C@@H](OC(=O)c3cc(O)c(O)c(O)c3)[C@H](OC(=O)c3cc(O)c(O)c4c3[C@H]1[C@H](O)C(=O)O4)[C@H](OC(=O)c1cc(O)c(O)c(O)c1)O[C@@H]2COC(=O)c1cc(O)c(O)c(O)c1. The van der Waals surface area contributed by atoms with Gasteiger partial charge in [-0.1, -0.05) is 0 Å². The molecule has 13 N–H and O–H groups in total. The minimum Gasteiger partial charge on any atom is -0.504 e. The van der Waals surface area contributed by atoms with Gasteiger partial charge in [0.05, 0.1) is 34.6 Å². The lowest BCUT2D eigenvalue weighted by molar-refractivity contribution is -0.287. The van der Waals surface area contributed by atoms with Crippen molar-refractivity contribution in [2.75, 3.05) is 6.61 Å². The van der Waals surface area contributed by atoms with Gasteiger partial charge >= 0.3 is 41.8 Å². The zero-order chi connectivity index (χ0) is 49.8. The minimum absolute atomic E-state index is 0.449. The van der Waals surface area contributed by atoms with Crippen LogP contribution in [0.4, 0.5) is 0 Å². The van der Waals surface area contributed by atoms with Crippen molar-refractivity contribution in [1.82, 2.24) is 0 Å². The number of carbonyl (C=O) groups excluding carboxylic acids is 6. The van der Waals surface area contributed by atoms with E-state index in [-0.39, 0.29) is 0 Å². The third-order valence-electron chi connectivity index (χ3n) is 10.6. The molecule has 2 bridgehead atoms. The van der Waals surface area contributed by atoms with Crippen LogP contribution in [0, 0.1) is 5.92 Å². The van der Waals surface area contributed by atoms with Crippen LogP contribution in [-0.2, 0) is 42.8 Å². The minimum atomic E-state index is -2.57. The van der Waals surface area contributed by atoms with Crippen LogP contribution in [0.2, 0.25) is 0 Å². The Balaban J connectivity index is 1.44. The van der Waals surface area contributed by atoms with E-state index >= 15 is 0 Å². The number of aromatic hydroxyl groups is 11. The van der Waals surface area contributed by atoms with E-state index in [9.17, 15) is 99.9 Å². The van der Waals surface area contributed by atoms with E-state index in [0.29, 0.717) is 42.5 Å². The average molecular weight is 957 g/mol. The number of esters is 6. The molecule has 3 aliphatic rings. The van der Waals surface area contributed by atoms with Gasteiger partial charge in [-0.15, -0.1) is 0 Å². The summed E-state index contributed by atoms with van der Waals surface area (Å²) in [5.41, 5.74) is -4.15. The number of phenolic OH excluding ortho intramolecular Hbond substituents is 11. The Morgan fingerprint density at radius 3 is 1.54 bits per heavy atom. The van der Waals surface area contributed by atoms with E-state index in [4.69, 9.17) is 33.2 Å². The maximum Gasteiger partial charge on any atom is 0.341 e. The van der Waals surface area contributed by atoms with Gasteiger partial charge in [0.2, 0.25) is 18.1 Å². The predicted octanol–water partition coefficient (Wildman–Crippen LogP) is 0.0179. The van der Waals surface area contributed by atoms with Crippen LogP contribution in [0.3, 0.4) is 0 Å². The van der Waals surface area contributed by atoms with Crippen molar-refractivity contribution in [3.8, 4) is 69.0 Å². The molecular weight excluding hydrogens is 924 g/mol. The van der Waals surface area contributed by atoms with Gasteiger partial charge in [0.1, 0.15) is 12.7 Å². The van der Waals surface area contributed by atoms with Crippen molar-refractivity contribution in [2.45, 2.75) is 49.1 Å². The first-order chi connectivity index (χ1) is 32.0. The fraction of sp³-hybridized carbons (Fsp3) is 0.244. The average Bonchev–Trinajstić information content (AvgIpc) is 3.28. The number of aliphatic hydroxyl groups excluding tert-OH is 1. The molecule has 0 aromatic heterocycles. The second-order valence-corrected chi connectivity index (χ2v) is 14.9. The Morgan fingerprint density at radius 1 is 0.574 bits per heavy atom. The molecule has 0 radical (unpaired) electrons. The number of fused-ring (bicyclic) bond motifs is 2. The lowest BCUT2D eigenvalue weighted by atomic mass is 9.76. The summed E-state index contributed by atoms with van der Waals surface area (Å²) in [4.78, 5) is 95.4. The molecule has 0 spiro atoms. The van der Waals surface area contributed by atoms with Crippen LogP contribution in [0.1, 0.15) is 59.3 Å². The fourth-order valence-corrected chi connectivity index (χ4v) is 7.37. The van der Waals surface area contributed by atoms with Crippen LogP contribution in [0.25, 0.3) is 0 Å². The highest BCUT2D eigenvalue weighted by Gasteiger charge is 2.57. The highest BCUT2D eigenvalue weighted by Crippen LogP contribution is 2.51. The van der Waals surface area contributed by atoms with Gasteiger partial charge in [0.25, 0.3) is 0 Å². The van der Waals surface area contributed by atoms with Crippen LogP contribution in [-0.4, -0.2) is 152 Å². The van der Waals surface area contributed by atoms with Crippen molar-refractivity contribution >= 4 is 41.8 Å². The smallest absolute Gasteiger partial charge is 0.341 e. The zero-order valence-corrected chi connectivity index (χ0v) is 33.6. The zero-order valence-electron chi connectivity index (χ0n) is 33.6. The summed E-state index contributed by atoms with van der Waals surface area (Å²) in [6.07, 6.45) is -16.3. The Kier molecular flexibility index (Phi) is 12.2. The van der Waals surface area contributed by atoms with Crippen molar-refractivity contribution in [1.29, 1.82) is 0 Å². The number of aliphatic carboxylic acids is 1. The van der Waals surface area contributed by atoms with E-state index in [1.165, 1.54) is 0 Å².